The van der Waals surface area contributed by atoms with Crippen LogP contribution in [0.25, 0.3) is 0 Å². The third kappa shape index (κ3) is 7.95. The Labute approximate surface area is 149 Å². The Morgan fingerprint density at radius 2 is 1.73 bits per heavy atom. The summed E-state index contributed by atoms with van der Waals surface area (Å²) in [7, 11) is 0. The zero-order valence-electron chi connectivity index (χ0n) is 13.9. The molecule has 0 aliphatic heterocycles. The molecule has 0 radical (unpaired) electrons. The molecule has 9 nitrogen and oxygen atoms in total. The summed E-state index contributed by atoms with van der Waals surface area (Å²) >= 11 is 0. The summed E-state index contributed by atoms with van der Waals surface area (Å²) in [5, 5.41) is 21.8. The van der Waals surface area contributed by atoms with Crippen molar-refractivity contribution in [1.29, 1.82) is 0 Å². The fourth-order valence-electron chi connectivity index (χ4n) is 1.99. The number of carboxylic acids is 2. The highest BCUT2D eigenvalue weighted by atomic mass is 16.5. The van der Waals surface area contributed by atoms with Crippen LogP contribution in [-0.4, -0.2) is 40.7 Å². The molecule has 140 valence electrons. The minimum atomic E-state index is -1.25. The van der Waals surface area contributed by atoms with Gasteiger partial charge in [-0.05, 0) is 12.0 Å². The maximum absolute atomic E-state index is 12.0. The molecule has 1 rings (SSSR count). The lowest BCUT2D eigenvalue weighted by molar-refractivity contribution is -0.139. The van der Waals surface area contributed by atoms with Crippen LogP contribution in [0.1, 0.15) is 18.4 Å². The molecule has 1 aromatic rings. The standard InChI is InChI=1S/C17H20N2O7/c1-11(19-17(25)26-10-12-5-3-2-4-6-12)13(7-8-14(20)21)16(24)18-9-15(22)23/h2-6,13H,1,7-10H2,(H,18,24)(H,19,25)(H,20,21)(H,22,23)/t13-/m1/s1. The predicted octanol–water partition coefficient (Wildman–Crippen LogP) is 1.11. The van der Waals surface area contributed by atoms with Crippen LogP contribution >= 0.6 is 0 Å². The van der Waals surface area contributed by atoms with E-state index in [0.717, 1.165) is 5.56 Å². The van der Waals surface area contributed by atoms with Crippen LogP contribution in [0.5, 0.6) is 0 Å². The van der Waals surface area contributed by atoms with Crippen molar-refractivity contribution in [3.05, 3.63) is 48.2 Å². The van der Waals surface area contributed by atoms with Gasteiger partial charge in [0.2, 0.25) is 5.91 Å². The van der Waals surface area contributed by atoms with E-state index in [4.69, 9.17) is 14.9 Å². The molecule has 9 heteroatoms. The highest BCUT2D eigenvalue weighted by Crippen LogP contribution is 2.15. The first-order valence-corrected chi connectivity index (χ1v) is 7.67. The quantitative estimate of drug-likeness (QED) is 0.487. The molecule has 0 aliphatic carbocycles. The number of carbonyl (C=O) groups is 4. The number of nitrogens with one attached hydrogen (secondary N) is 2. The minimum Gasteiger partial charge on any atom is -0.481 e. The van der Waals surface area contributed by atoms with Gasteiger partial charge in [0.15, 0.2) is 0 Å². The first kappa shape index (κ1) is 20.7. The molecular weight excluding hydrogens is 344 g/mol. The molecule has 2 amide bonds. The van der Waals surface area contributed by atoms with E-state index in [1.807, 2.05) is 6.07 Å². The molecule has 4 N–H and O–H groups in total. The third-order valence-electron chi connectivity index (χ3n) is 3.27. The third-order valence-corrected chi connectivity index (χ3v) is 3.27. The van der Waals surface area contributed by atoms with E-state index < -0.39 is 36.4 Å². The maximum Gasteiger partial charge on any atom is 0.411 e. The smallest absolute Gasteiger partial charge is 0.411 e. The number of hydrogen-bond donors (Lipinski definition) is 4. The zero-order valence-corrected chi connectivity index (χ0v) is 13.9. The van der Waals surface area contributed by atoms with E-state index in [-0.39, 0.29) is 25.1 Å². The second-order valence-corrected chi connectivity index (χ2v) is 5.31. The molecule has 0 fully saturated rings. The van der Waals surface area contributed by atoms with Crippen molar-refractivity contribution < 1.29 is 34.1 Å². The SMILES string of the molecule is C=C(NC(=O)OCc1ccccc1)[C@@H](CCC(=O)O)C(=O)NCC(=O)O. The lowest BCUT2D eigenvalue weighted by Gasteiger charge is -2.18. The Kier molecular flexibility index (Phi) is 8.35. The lowest BCUT2D eigenvalue weighted by atomic mass is 9.99. The molecule has 0 aromatic heterocycles. The molecule has 26 heavy (non-hydrogen) atoms. The van der Waals surface area contributed by atoms with Crippen LogP contribution < -0.4 is 10.6 Å². The van der Waals surface area contributed by atoms with Gasteiger partial charge < -0.3 is 20.3 Å². The van der Waals surface area contributed by atoms with Gasteiger partial charge in [0.1, 0.15) is 13.2 Å². The number of ether oxygens (including phenoxy) is 1. The number of amides is 2. The summed E-state index contributed by atoms with van der Waals surface area (Å²) in [5.74, 6) is -4.24. The molecule has 0 heterocycles. The number of aliphatic carboxylic acids is 2. The normalized spacial score (nSPS) is 11.1. The van der Waals surface area contributed by atoms with Gasteiger partial charge in [0, 0.05) is 12.1 Å². The molecule has 0 spiro atoms. The number of carboxylic acid groups (broad SMARTS) is 2. The summed E-state index contributed by atoms with van der Waals surface area (Å²) in [5.41, 5.74) is 0.682. The summed E-state index contributed by atoms with van der Waals surface area (Å²) in [6.07, 6.45) is -1.37. The van der Waals surface area contributed by atoms with Crippen LogP contribution in [0, 0.1) is 5.92 Å². The van der Waals surface area contributed by atoms with Crippen LogP contribution in [0.4, 0.5) is 4.79 Å². The Balaban J connectivity index is 2.61. The second-order valence-electron chi connectivity index (χ2n) is 5.31. The van der Waals surface area contributed by atoms with E-state index in [0.29, 0.717) is 0 Å². The van der Waals surface area contributed by atoms with Gasteiger partial charge in [-0.1, -0.05) is 36.9 Å². The summed E-state index contributed by atoms with van der Waals surface area (Å²) in [6.45, 7) is 2.94. The minimum absolute atomic E-state index is 0.00492. The Morgan fingerprint density at radius 3 is 2.31 bits per heavy atom. The van der Waals surface area contributed by atoms with E-state index in [2.05, 4.69) is 17.2 Å². The Bertz CT molecular complexity index is 673. The summed E-state index contributed by atoms with van der Waals surface area (Å²) < 4.78 is 5.00. The van der Waals surface area contributed by atoms with Crippen molar-refractivity contribution in [3.8, 4) is 0 Å². The van der Waals surface area contributed by atoms with Crippen LogP contribution in [0.15, 0.2) is 42.6 Å². The monoisotopic (exact) mass is 364 g/mol. The lowest BCUT2D eigenvalue weighted by Crippen LogP contribution is -2.39. The van der Waals surface area contributed by atoms with Crippen molar-refractivity contribution >= 4 is 23.9 Å². The highest BCUT2D eigenvalue weighted by molar-refractivity contribution is 5.86. The van der Waals surface area contributed by atoms with Gasteiger partial charge in [-0.3, -0.25) is 19.7 Å². The van der Waals surface area contributed by atoms with E-state index >= 15 is 0 Å². The molecule has 0 saturated heterocycles. The summed E-state index contributed by atoms with van der Waals surface area (Å²) in [6, 6.07) is 8.90. The summed E-state index contributed by atoms with van der Waals surface area (Å²) in [4.78, 5) is 45.1. The number of rotatable bonds is 10. The Hall–Kier alpha value is -3.36. The molecule has 0 bridgehead atoms. The van der Waals surface area contributed by atoms with Gasteiger partial charge in [-0.2, -0.15) is 0 Å². The average molecular weight is 364 g/mol. The topological polar surface area (TPSA) is 142 Å². The van der Waals surface area contributed by atoms with Crippen molar-refractivity contribution in [2.24, 2.45) is 5.92 Å². The van der Waals surface area contributed by atoms with Gasteiger partial charge in [0.05, 0.1) is 5.92 Å². The van der Waals surface area contributed by atoms with E-state index in [9.17, 15) is 19.2 Å². The molecule has 0 aliphatic rings. The van der Waals surface area contributed by atoms with Crippen LogP contribution in [0.3, 0.4) is 0 Å². The average Bonchev–Trinajstić information content (AvgIpc) is 2.59. The molecule has 1 aromatic carbocycles. The molecule has 0 unspecified atom stereocenters. The fraction of sp³-hybridized carbons (Fsp3) is 0.294. The fourth-order valence-corrected chi connectivity index (χ4v) is 1.99. The van der Waals surface area contributed by atoms with Crippen molar-refractivity contribution in [2.45, 2.75) is 19.4 Å². The second kappa shape index (κ2) is 10.5. The van der Waals surface area contributed by atoms with E-state index in [1.54, 1.807) is 24.3 Å². The first-order chi connectivity index (χ1) is 12.3. The Morgan fingerprint density at radius 1 is 1.08 bits per heavy atom. The van der Waals surface area contributed by atoms with Crippen molar-refractivity contribution in [1.82, 2.24) is 10.6 Å². The van der Waals surface area contributed by atoms with Crippen molar-refractivity contribution in [2.75, 3.05) is 6.54 Å². The van der Waals surface area contributed by atoms with Crippen LogP contribution in [0.2, 0.25) is 0 Å². The van der Waals surface area contributed by atoms with Gasteiger partial charge in [0.25, 0.3) is 0 Å². The predicted molar refractivity (Wildman–Crippen MR) is 89.9 cm³/mol. The van der Waals surface area contributed by atoms with Gasteiger partial charge in [-0.25, -0.2) is 4.79 Å². The number of carbonyl (C=O) groups excluding carboxylic acids is 2. The zero-order chi connectivity index (χ0) is 19.5. The first-order valence-electron chi connectivity index (χ1n) is 7.67. The largest absolute Gasteiger partial charge is 0.481 e. The number of alkyl carbamates (subject to hydrolysis) is 1. The van der Waals surface area contributed by atoms with Gasteiger partial charge in [-0.15, -0.1) is 0 Å². The molecule has 0 saturated carbocycles. The highest BCUT2D eigenvalue weighted by Gasteiger charge is 2.24. The molecular formula is C17H20N2O7. The van der Waals surface area contributed by atoms with E-state index in [1.165, 1.54) is 0 Å². The van der Waals surface area contributed by atoms with Crippen molar-refractivity contribution in [3.63, 3.8) is 0 Å². The number of hydrogen-bond acceptors (Lipinski definition) is 5. The van der Waals surface area contributed by atoms with Gasteiger partial charge >= 0.3 is 18.0 Å². The van der Waals surface area contributed by atoms with Crippen LogP contribution in [-0.2, 0) is 25.7 Å². The maximum atomic E-state index is 12.0. The number of benzene rings is 1. The molecule has 1 atom stereocenters.